The number of fused-ring (bicyclic) bond motifs is 1. The van der Waals surface area contributed by atoms with E-state index >= 15 is 0 Å². The predicted molar refractivity (Wildman–Crippen MR) is 80.1 cm³/mol. The van der Waals surface area contributed by atoms with Crippen molar-refractivity contribution in [1.29, 1.82) is 0 Å². The Kier molecular flexibility index (Phi) is 3.16. The Morgan fingerprint density at radius 3 is 3.00 bits per heavy atom. The highest BCUT2D eigenvalue weighted by Crippen LogP contribution is 2.38. The number of thiophene rings is 1. The van der Waals surface area contributed by atoms with E-state index in [4.69, 9.17) is 5.73 Å². The number of hydrogen-bond donors (Lipinski definition) is 1. The van der Waals surface area contributed by atoms with Crippen LogP contribution in [0.2, 0.25) is 0 Å². The van der Waals surface area contributed by atoms with Crippen LogP contribution in [0.1, 0.15) is 38.2 Å². The molecule has 0 bridgehead atoms. The van der Waals surface area contributed by atoms with Crippen molar-refractivity contribution in [1.82, 2.24) is 0 Å². The molecule has 2 atom stereocenters. The molecule has 1 saturated carbocycles. The maximum Gasteiger partial charge on any atom is 0.0345 e. The summed E-state index contributed by atoms with van der Waals surface area (Å²) in [7, 11) is 0. The third-order valence-electron chi connectivity index (χ3n) is 4.43. The van der Waals surface area contributed by atoms with E-state index in [1.165, 1.54) is 41.3 Å². The first-order valence-electron chi connectivity index (χ1n) is 6.94. The van der Waals surface area contributed by atoms with Gasteiger partial charge < -0.3 is 5.73 Å². The van der Waals surface area contributed by atoms with Crippen molar-refractivity contribution in [3.63, 3.8) is 0 Å². The van der Waals surface area contributed by atoms with Gasteiger partial charge in [0.25, 0.3) is 0 Å². The van der Waals surface area contributed by atoms with Gasteiger partial charge in [-0.3, -0.25) is 0 Å². The molecule has 1 nitrogen and oxygen atoms in total. The Balaban J connectivity index is 1.84. The molecule has 1 aromatic carbocycles. The highest BCUT2D eigenvalue weighted by Gasteiger charge is 2.35. The molecular weight excluding hydrogens is 238 g/mol. The Labute approximate surface area is 113 Å². The average Bonchev–Trinajstić information content (AvgIpc) is 2.95. The Morgan fingerprint density at radius 1 is 1.39 bits per heavy atom. The first-order valence-corrected chi connectivity index (χ1v) is 7.82. The summed E-state index contributed by atoms with van der Waals surface area (Å²) in [5.74, 6) is 0.847. The third kappa shape index (κ3) is 2.19. The minimum Gasteiger partial charge on any atom is -0.325 e. The molecule has 1 fully saturated rings. The Hall–Kier alpha value is -0.860. The van der Waals surface area contributed by atoms with Gasteiger partial charge in [-0.05, 0) is 54.0 Å². The molecule has 2 unspecified atom stereocenters. The molecule has 3 rings (SSSR count). The Morgan fingerprint density at radius 2 is 2.22 bits per heavy atom. The van der Waals surface area contributed by atoms with Gasteiger partial charge in [-0.15, -0.1) is 11.3 Å². The minimum atomic E-state index is 0.0462. The fraction of sp³-hybridized carbons (Fsp3) is 0.500. The van der Waals surface area contributed by atoms with E-state index in [9.17, 15) is 0 Å². The van der Waals surface area contributed by atoms with E-state index in [1.54, 1.807) is 0 Å². The highest BCUT2D eigenvalue weighted by atomic mass is 32.1. The molecule has 0 spiro atoms. The van der Waals surface area contributed by atoms with Gasteiger partial charge in [-0.2, -0.15) is 0 Å². The number of hydrogen-bond acceptors (Lipinski definition) is 2. The van der Waals surface area contributed by atoms with E-state index in [0.717, 1.165) is 12.3 Å². The van der Waals surface area contributed by atoms with Crippen molar-refractivity contribution in [3.05, 3.63) is 35.2 Å². The normalized spacial score (nSPS) is 28.0. The van der Waals surface area contributed by atoms with Crippen LogP contribution in [0.4, 0.5) is 0 Å². The lowest BCUT2D eigenvalue weighted by Gasteiger charge is -2.24. The van der Waals surface area contributed by atoms with Gasteiger partial charge in [0.15, 0.2) is 0 Å². The second-order valence-electron chi connectivity index (χ2n) is 5.81. The SMILES string of the molecule is CCC1CCC(N)(Cc2csc3ccccc23)C1. The largest absolute Gasteiger partial charge is 0.325 e. The molecule has 1 aliphatic carbocycles. The van der Waals surface area contributed by atoms with Gasteiger partial charge in [0.2, 0.25) is 0 Å². The monoisotopic (exact) mass is 259 g/mol. The molecule has 2 N–H and O–H groups in total. The van der Waals surface area contributed by atoms with E-state index < -0.39 is 0 Å². The van der Waals surface area contributed by atoms with Crippen LogP contribution in [0.15, 0.2) is 29.6 Å². The fourth-order valence-electron chi connectivity index (χ4n) is 3.33. The minimum absolute atomic E-state index is 0.0462. The van der Waals surface area contributed by atoms with Crippen LogP contribution >= 0.6 is 11.3 Å². The zero-order chi connectivity index (χ0) is 12.6. The van der Waals surface area contributed by atoms with Crippen molar-refractivity contribution >= 4 is 21.4 Å². The van der Waals surface area contributed by atoms with Crippen LogP contribution in [0.25, 0.3) is 10.1 Å². The topological polar surface area (TPSA) is 26.0 Å². The van der Waals surface area contributed by atoms with Crippen molar-refractivity contribution in [2.45, 2.75) is 44.6 Å². The van der Waals surface area contributed by atoms with E-state index in [2.05, 4.69) is 36.6 Å². The van der Waals surface area contributed by atoms with E-state index in [0.29, 0.717) is 0 Å². The number of nitrogens with two attached hydrogens (primary N) is 1. The molecule has 0 saturated heterocycles. The maximum atomic E-state index is 6.61. The predicted octanol–water partition coefficient (Wildman–Crippen LogP) is 4.35. The highest BCUT2D eigenvalue weighted by molar-refractivity contribution is 7.17. The molecule has 0 radical (unpaired) electrons. The fourth-order valence-corrected chi connectivity index (χ4v) is 4.29. The first-order chi connectivity index (χ1) is 8.70. The van der Waals surface area contributed by atoms with Crippen molar-refractivity contribution in [3.8, 4) is 0 Å². The van der Waals surface area contributed by atoms with Gasteiger partial charge >= 0.3 is 0 Å². The summed E-state index contributed by atoms with van der Waals surface area (Å²) in [6, 6.07) is 8.68. The third-order valence-corrected chi connectivity index (χ3v) is 5.44. The van der Waals surface area contributed by atoms with Crippen LogP contribution in [-0.2, 0) is 6.42 Å². The zero-order valence-electron chi connectivity index (χ0n) is 11.0. The number of rotatable bonds is 3. The smallest absolute Gasteiger partial charge is 0.0345 e. The quantitative estimate of drug-likeness (QED) is 0.871. The molecule has 1 aromatic heterocycles. The van der Waals surface area contributed by atoms with Crippen LogP contribution in [0.3, 0.4) is 0 Å². The molecule has 1 aliphatic rings. The molecule has 1 heterocycles. The van der Waals surface area contributed by atoms with E-state index in [1.807, 2.05) is 11.3 Å². The summed E-state index contributed by atoms with van der Waals surface area (Å²) in [6.07, 6.45) is 6.04. The molecule has 0 amide bonds. The standard InChI is InChI=1S/C16H21NS/c1-2-12-7-8-16(17,9-12)10-13-11-18-15-6-4-3-5-14(13)15/h3-6,11-12H,2,7-10,17H2,1H3. The Bertz CT molecular complexity index is 545. The van der Waals surface area contributed by atoms with Gasteiger partial charge in [0.05, 0.1) is 0 Å². The lowest BCUT2D eigenvalue weighted by molar-refractivity contribution is 0.408. The second kappa shape index (κ2) is 4.67. The van der Waals surface area contributed by atoms with Gasteiger partial charge in [0, 0.05) is 10.2 Å². The molecule has 2 heteroatoms. The average molecular weight is 259 g/mol. The van der Waals surface area contributed by atoms with Crippen LogP contribution in [0, 0.1) is 5.92 Å². The molecular formula is C16H21NS. The van der Waals surface area contributed by atoms with E-state index in [-0.39, 0.29) is 5.54 Å². The lowest BCUT2D eigenvalue weighted by atomic mass is 9.89. The molecule has 96 valence electrons. The second-order valence-corrected chi connectivity index (χ2v) is 6.72. The van der Waals surface area contributed by atoms with Crippen molar-refractivity contribution < 1.29 is 0 Å². The summed E-state index contributed by atoms with van der Waals surface area (Å²) < 4.78 is 1.39. The summed E-state index contributed by atoms with van der Waals surface area (Å²) in [5, 5.41) is 3.71. The summed E-state index contributed by atoms with van der Waals surface area (Å²) >= 11 is 1.85. The lowest BCUT2D eigenvalue weighted by Crippen LogP contribution is -2.39. The number of benzene rings is 1. The van der Waals surface area contributed by atoms with Gasteiger partial charge in [-0.25, -0.2) is 0 Å². The van der Waals surface area contributed by atoms with Crippen molar-refractivity contribution in [2.24, 2.45) is 11.7 Å². The molecule has 2 aromatic rings. The zero-order valence-corrected chi connectivity index (χ0v) is 11.8. The van der Waals surface area contributed by atoms with Crippen molar-refractivity contribution in [2.75, 3.05) is 0 Å². The maximum absolute atomic E-state index is 6.61. The van der Waals surface area contributed by atoms with Crippen LogP contribution < -0.4 is 5.73 Å². The first kappa shape index (κ1) is 12.2. The molecule has 18 heavy (non-hydrogen) atoms. The summed E-state index contributed by atoms with van der Waals surface area (Å²) in [4.78, 5) is 0. The van der Waals surface area contributed by atoms with Crippen LogP contribution in [0.5, 0.6) is 0 Å². The van der Waals surface area contributed by atoms with Crippen LogP contribution in [-0.4, -0.2) is 5.54 Å². The van der Waals surface area contributed by atoms with Gasteiger partial charge in [0.1, 0.15) is 0 Å². The molecule has 0 aliphatic heterocycles. The van der Waals surface area contributed by atoms with Gasteiger partial charge in [-0.1, -0.05) is 31.5 Å². The summed E-state index contributed by atoms with van der Waals surface area (Å²) in [6.45, 7) is 2.29. The summed E-state index contributed by atoms with van der Waals surface area (Å²) in [5.41, 5.74) is 8.11.